The van der Waals surface area contributed by atoms with Crippen molar-refractivity contribution in [2.45, 2.75) is 39.2 Å². The van der Waals surface area contributed by atoms with Crippen molar-refractivity contribution in [3.05, 3.63) is 5.82 Å². The Hall–Kier alpha value is -1.17. The molecule has 0 bridgehead atoms. The Morgan fingerprint density at radius 1 is 1.59 bits per heavy atom. The lowest BCUT2D eigenvalue weighted by atomic mass is 10.2. The molecule has 1 atom stereocenters. The number of anilines is 1. The molecule has 1 N–H and O–H groups in total. The number of nitrogens with zero attached hydrogens (tertiary/aromatic N) is 3. The van der Waals surface area contributed by atoms with Crippen molar-refractivity contribution in [2.24, 2.45) is 0 Å². The molecule has 0 saturated carbocycles. The normalized spacial score (nSPS) is 20.0. The minimum atomic E-state index is 0.148. The van der Waals surface area contributed by atoms with Crippen LogP contribution in [-0.2, 0) is 4.79 Å². The van der Waals surface area contributed by atoms with Crippen LogP contribution in [0.4, 0.5) is 5.13 Å². The van der Waals surface area contributed by atoms with Gasteiger partial charge < -0.3 is 10.2 Å². The van der Waals surface area contributed by atoms with Crippen LogP contribution >= 0.6 is 11.5 Å². The molecule has 5 nitrogen and oxygen atoms in total. The first-order valence-corrected chi connectivity index (χ1v) is 6.69. The van der Waals surface area contributed by atoms with Crippen LogP contribution in [0.3, 0.4) is 0 Å². The molecule has 1 amide bonds. The summed E-state index contributed by atoms with van der Waals surface area (Å²) in [7, 11) is 0. The van der Waals surface area contributed by atoms with E-state index in [4.69, 9.17) is 0 Å². The van der Waals surface area contributed by atoms with Crippen LogP contribution in [0.15, 0.2) is 0 Å². The second-order valence-electron chi connectivity index (χ2n) is 4.71. The fraction of sp³-hybridized carbons (Fsp3) is 0.727. The van der Waals surface area contributed by atoms with Crippen LogP contribution in [0.25, 0.3) is 0 Å². The lowest BCUT2D eigenvalue weighted by molar-refractivity contribution is -0.127. The highest BCUT2D eigenvalue weighted by Crippen LogP contribution is 2.20. The average Bonchev–Trinajstić information content (AvgIpc) is 2.87. The number of amides is 1. The molecule has 1 aromatic heterocycles. The number of carbonyl (C=O) groups excluding carboxylic acids is 1. The molecule has 1 aliphatic rings. The number of nitrogens with one attached hydrogen (secondary N) is 1. The molecule has 1 aromatic rings. The first kappa shape index (κ1) is 12.3. The number of rotatable bonds is 3. The molecule has 1 fully saturated rings. The smallest absolute Gasteiger partial charge is 0.219 e. The monoisotopic (exact) mass is 254 g/mol. The van der Waals surface area contributed by atoms with Crippen molar-refractivity contribution in [1.29, 1.82) is 0 Å². The number of carbonyl (C=O) groups is 1. The van der Waals surface area contributed by atoms with Crippen molar-refractivity contribution in [2.75, 3.05) is 18.4 Å². The summed E-state index contributed by atoms with van der Waals surface area (Å²) in [4.78, 5) is 17.5. The number of hydrogen-bond donors (Lipinski definition) is 1. The summed E-state index contributed by atoms with van der Waals surface area (Å²) in [5.41, 5.74) is 0. The van der Waals surface area contributed by atoms with Crippen molar-refractivity contribution in [3.63, 3.8) is 0 Å². The number of aromatic nitrogens is 2. The van der Waals surface area contributed by atoms with Crippen LogP contribution in [0.2, 0.25) is 0 Å². The molecular formula is C11H18N4OS. The Bertz CT molecular complexity index is 404. The predicted molar refractivity (Wildman–Crippen MR) is 68.3 cm³/mol. The Kier molecular flexibility index (Phi) is 3.61. The maximum Gasteiger partial charge on any atom is 0.219 e. The quantitative estimate of drug-likeness (QED) is 0.892. The van der Waals surface area contributed by atoms with Gasteiger partial charge in [0.15, 0.2) is 0 Å². The van der Waals surface area contributed by atoms with Gasteiger partial charge in [-0.05, 0) is 6.42 Å². The summed E-state index contributed by atoms with van der Waals surface area (Å²) >= 11 is 1.40. The highest BCUT2D eigenvalue weighted by atomic mass is 32.1. The summed E-state index contributed by atoms with van der Waals surface area (Å²) in [6.45, 7) is 7.39. The Labute approximate surface area is 105 Å². The topological polar surface area (TPSA) is 58.1 Å². The minimum Gasteiger partial charge on any atom is -0.356 e. The molecule has 1 unspecified atom stereocenters. The molecular weight excluding hydrogens is 236 g/mol. The third kappa shape index (κ3) is 2.94. The van der Waals surface area contributed by atoms with E-state index in [0.717, 1.165) is 30.5 Å². The van der Waals surface area contributed by atoms with Crippen LogP contribution in [0.5, 0.6) is 0 Å². The summed E-state index contributed by atoms with van der Waals surface area (Å²) in [6, 6.07) is 0.312. The SMILES string of the molecule is CC(=O)N1CCC(Nc2nc(C(C)C)ns2)C1. The van der Waals surface area contributed by atoms with Gasteiger partial charge in [0.25, 0.3) is 0 Å². The Morgan fingerprint density at radius 3 is 2.88 bits per heavy atom. The lowest BCUT2D eigenvalue weighted by Crippen LogP contribution is -2.29. The largest absolute Gasteiger partial charge is 0.356 e. The van der Waals surface area contributed by atoms with Gasteiger partial charge in [-0.3, -0.25) is 4.79 Å². The van der Waals surface area contributed by atoms with Gasteiger partial charge in [-0.1, -0.05) is 13.8 Å². The van der Waals surface area contributed by atoms with Crippen LogP contribution in [0, 0.1) is 0 Å². The lowest BCUT2D eigenvalue weighted by Gasteiger charge is -2.14. The summed E-state index contributed by atoms with van der Waals surface area (Å²) in [5, 5.41) is 4.22. The molecule has 6 heteroatoms. The average molecular weight is 254 g/mol. The van der Waals surface area contributed by atoms with Gasteiger partial charge in [-0.15, -0.1) is 0 Å². The zero-order chi connectivity index (χ0) is 12.4. The van der Waals surface area contributed by atoms with Gasteiger partial charge >= 0.3 is 0 Å². The molecule has 0 radical (unpaired) electrons. The molecule has 0 spiro atoms. The molecule has 0 aromatic carbocycles. The summed E-state index contributed by atoms with van der Waals surface area (Å²) in [6.07, 6.45) is 0.982. The minimum absolute atomic E-state index is 0.148. The van der Waals surface area contributed by atoms with Gasteiger partial charge in [0.1, 0.15) is 5.82 Å². The van der Waals surface area contributed by atoms with E-state index in [1.807, 2.05) is 4.90 Å². The molecule has 94 valence electrons. The van der Waals surface area contributed by atoms with Crippen molar-refractivity contribution in [3.8, 4) is 0 Å². The molecule has 0 aliphatic carbocycles. The van der Waals surface area contributed by atoms with E-state index in [1.165, 1.54) is 11.5 Å². The number of likely N-dealkylation sites (tertiary alicyclic amines) is 1. The Morgan fingerprint density at radius 2 is 2.35 bits per heavy atom. The van der Waals surface area contributed by atoms with E-state index in [-0.39, 0.29) is 5.91 Å². The third-order valence-electron chi connectivity index (χ3n) is 2.92. The van der Waals surface area contributed by atoms with E-state index >= 15 is 0 Å². The fourth-order valence-corrected chi connectivity index (χ4v) is 2.65. The van der Waals surface area contributed by atoms with Gasteiger partial charge in [0, 0.05) is 43.5 Å². The van der Waals surface area contributed by atoms with Crippen LogP contribution in [-0.4, -0.2) is 39.3 Å². The van der Waals surface area contributed by atoms with E-state index in [2.05, 4.69) is 28.5 Å². The first-order chi connectivity index (χ1) is 8.06. The Balaban J connectivity index is 1.91. The van der Waals surface area contributed by atoms with Crippen molar-refractivity contribution >= 4 is 22.6 Å². The molecule has 2 rings (SSSR count). The first-order valence-electron chi connectivity index (χ1n) is 5.92. The highest BCUT2D eigenvalue weighted by Gasteiger charge is 2.24. The fourth-order valence-electron chi connectivity index (χ4n) is 1.87. The van der Waals surface area contributed by atoms with Crippen LogP contribution in [0.1, 0.15) is 38.9 Å². The van der Waals surface area contributed by atoms with E-state index in [1.54, 1.807) is 6.92 Å². The highest BCUT2D eigenvalue weighted by molar-refractivity contribution is 7.09. The van der Waals surface area contributed by atoms with E-state index in [9.17, 15) is 4.79 Å². The molecule has 17 heavy (non-hydrogen) atoms. The zero-order valence-corrected chi connectivity index (χ0v) is 11.3. The second-order valence-corrected chi connectivity index (χ2v) is 5.46. The second kappa shape index (κ2) is 5.00. The number of hydrogen-bond acceptors (Lipinski definition) is 5. The van der Waals surface area contributed by atoms with Crippen molar-refractivity contribution in [1.82, 2.24) is 14.3 Å². The van der Waals surface area contributed by atoms with Gasteiger partial charge in [0.05, 0.1) is 0 Å². The maximum atomic E-state index is 11.2. The van der Waals surface area contributed by atoms with Gasteiger partial charge in [-0.25, -0.2) is 4.98 Å². The van der Waals surface area contributed by atoms with Gasteiger partial charge in [-0.2, -0.15) is 4.37 Å². The zero-order valence-electron chi connectivity index (χ0n) is 10.4. The van der Waals surface area contributed by atoms with Crippen LogP contribution < -0.4 is 5.32 Å². The molecule has 1 aliphatic heterocycles. The third-order valence-corrected chi connectivity index (χ3v) is 3.58. The van der Waals surface area contributed by atoms with Crippen molar-refractivity contribution < 1.29 is 4.79 Å². The summed E-state index contributed by atoms with van der Waals surface area (Å²) in [5.74, 6) is 1.40. The predicted octanol–water partition coefficient (Wildman–Crippen LogP) is 1.69. The molecule has 2 heterocycles. The standard InChI is InChI=1S/C11H18N4OS/c1-7(2)10-13-11(17-14-10)12-9-4-5-15(6-9)8(3)16/h7,9H,4-6H2,1-3H3,(H,12,13,14). The van der Waals surface area contributed by atoms with E-state index in [0.29, 0.717) is 12.0 Å². The molecule has 1 saturated heterocycles. The van der Waals surface area contributed by atoms with E-state index < -0.39 is 0 Å². The summed E-state index contributed by atoms with van der Waals surface area (Å²) < 4.78 is 4.30. The maximum absolute atomic E-state index is 11.2. The van der Waals surface area contributed by atoms with Gasteiger partial charge in [0.2, 0.25) is 11.0 Å².